The first-order valence-electron chi connectivity index (χ1n) is 12.6. The van der Waals surface area contributed by atoms with E-state index in [-0.39, 0.29) is 25.7 Å². The van der Waals surface area contributed by atoms with E-state index in [1.165, 1.54) is 11.8 Å². The number of benzene rings is 2. The molecule has 5 nitrogen and oxygen atoms in total. The van der Waals surface area contributed by atoms with E-state index in [9.17, 15) is 0 Å². The van der Waals surface area contributed by atoms with Crippen molar-refractivity contribution in [1.82, 2.24) is 9.80 Å². The zero-order chi connectivity index (χ0) is 25.6. The molecule has 1 saturated heterocycles. The molecule has 142 valence electrons. The van der Waals surface area contributed by atoms with Crippen molar-refractivity contribution < 1.29 is 20.8 Å². The molecule has 0 aliphatic carbocycles. The summed E-state index contributed by atoms with van der Waals surface area (Å²) in [6, 6.07) is 14.0. The number of aliphatic imine (C=N–C) groups is 1. The van der Waals surface area contributed by atoms with Crippen LogP contribution < -0.4 is 0 Å². The summed E-state index contributed by atoms with van der Waals surface area (Å²) in [5.41, 5.74) is 0.809. The Labute approximate surface area is 175 Å². The summed E-state index contributed by atoms with van der Waals surface area (Å²) >= 11 is 1.37. The molecule has 0 atom stereocenters. The van der Waals surface area contributed by atoms with Gasteiger partial charge in [0, 0.05) is 53.4 Å². The summed E-state index contributed by atoms with van der Waals surface area (Å²) in [5.74, 6) is -0.197. The Morgan fingerprint density at radius 2 is 1.74 bits per heavy atom. The van der Waals surface area contributed by atoms with Crippen molar-refractivity contribution in [3.8, 4) is 0 Å². The molecule has 0 amide bonds. The number of aliphatic hydroxyl groups excluding tert-OH is 1. The van der Waals surface area contributed by atoms with Crippen LogP contribution in [0, 0.1) is 0 Å². The molecule has 2 aliphatic heterocycles. The molecule has 0 spiro atoms. The van der Waals surface area contributed by atoms with Crippen LogP contribution >= 0.6 is 11.8 Å². The SMILES string of the molecule is [2H]C1([2H])N(CCOCCO)C([2H])([2H])C([2H])([2H])N(C2=Nc3ccccc3Sc3ccccc32)C1([2H])[2H]. The van der Waals surface area contributed by atoms with Crippen LogP contribution in [0.5, 0.6) is 0 Å². The molecule has 2 aromatic carbocycles. The third-order valence-electron chi connectivity index (χ3n) is 3.94. The van der Waals surface area contributed by atoms with E-state index in [4.69, 9.17) is 20.8 Å². The fraction of sp³-hybridized carbons (Fsp3) is 0.381. The van der Waals surface area contributed by atoms with Gasteiger partial charge in [0.15, 0.2) is 0 Å². The summed E-state index contributed by atoms with van der Waals surface area (Å²) in [7, 11) is 0. The summed E-state index contributed by atoms with van der Waals surface area (Å²) < 4.78 is 74.9. The molecular weight excluding hydrogens is 358 g/mol. The van der Waals surface area contributed by atoms with Crippen LogP contribution in [0.25, 0.3) is 0 Å². The van der Waals surface area contributed by atoms with E-state index in [0.29, 0.717) is 25.9 Å². The fourth-order valence-corrected chi connectivity index (χ4v) is 3.67. The molecule has 1 N–H and O–H groups in total. The lowest BCUT2D eigenvalue weighted by molar-refractivity contribution is 0.0652. The molecule has 0 radical (unpaired) electrons. The lowest BCUT2D eigenvalue weighted by Gasteiger charge is -2.36. The van der Waals surface area contributed by atoms with Gasteiger partial charge in [-0.15, -0.1) is 0 Å². The van der Waals surface area contributed by atoms with Crippen molar-refractivity contribution in [3.05, 3.63) is 54.1 Å². The lowest BCUT2D eigenvalue weighted by atomic mass is 10.1. The van der Waals surface area contributed by atoms with Gasteiger partial charge in [-0.2, -0.15) is 0 Å². The molecule has 4 rings (SSSR count). The number of hydrogen-bond donors (Lipinski definition) is 1. The van der Waals surface area contributed by atoms with Gasteiger partial charge in [-0.3, -0.25) is 4.90 Å². The summed E-state index contributed by atoms with van der Waals surface area (Å²) in [5, 5.41) is 8.90. The summed E-state index contributed by atoms with van der Waals surface area (Å²) in [6.45, 7) is -13.1. The predicted octanol–water partition coefficient (Wildman–Crippen LogP) is 2.86. The fourth-order valence-electron chi connectivity index (χ4n) is 2.66. The van der Waals surface area contributed by atoms with Crippen LogP contribution in [0.1, 0.15) is 16.5 Å². The van der Waals surface area contributed by atoms with E-state index in [1.807, 2.05) is 12.1 Å². The van der Waals surface area contributed by atoms with Crippen LogP contribution in [0.3, 0.4) is 0 Å². The summed E-state index contributed by atoms with van der Waals surface area (Å²) in [4.78, 5) is 7.00. The highest BCUT2D eigenvalue weighted by molar-refractivity contribution is 7.99. The van der Waals surface area contributed by atoms with Gasteiger partial charge in [0.05, 0.1) is 31.0 Å². The zero-order valence-corrected chi connectivity index (χ0v) is 15.4. The number of piperazine rings is 1. The monoisotopic (exact) mass is 391 g/mol. The molecule has 0 unspecified atom stereocenters. The number of ether oxygens (including phenoxy) is 1. The second kappa shape index (κ2) is 8.89. The maximum absolute atomic E-state index is 8.90. The molecule has 0 saturated carbocycles. The molecule has 27 heavy (non-hydrogen) atoms. The maximum atomic E-state index is 8.90. The number of fused-ring (bicyclic) bond motifs is 2. The number of nitrogens with zero attached hydrogens (tertiary/aromatic N) is 3. The third-order valence-corrected chi connectivity index (χ3v) is 5.08. The standard InChI is InChI=1S/C21H25N3O2S/c25-14-16-26-15-13-23-9-11-24(12-10-23)21-17-5-1-3-7-19(17)27-20-8-4-2-6-18(20)22-21/h1-8,25H,9-16H2/i9D2,10D2,11D2,12D2. The molecule has 0 bridgehead atoms. The number of hydrogen-bond acceptors (Lipinski definition) is 6. The maximum Gasteiger partial charge on any atom is 0.137 e. The average Bonchev–Trinajstić information content (AvgIpc) is 2.94. The van der Waals surface area contributed by atoms with Gasteiger partial charge in [-0.05, 0) is 18.2 Å². The number of rotatable bonds is 5. The van der Waals surface area contributed by atoms with Crippen molar-refractivity contribution in [2.45, 2.75) is 9.79 Å². The van der Waals surface area contributed by atoms with Crippen LogP contribution in [0.2, 0.25) is 0 Å². The third kappa shape index (κ3) is 4.35. The Bertz CT molecular complexity index is 1100. The van der Waals surface area contributed by atoms with Gasteiger partial charge >= 0.3 is 0 Å². The minimum atomic E-state index is -3.05. The highest BCUT2D eigenvalue weighted by Crippen LogP contribution is 2.40. The molecular formula is C21H25N3O2S. The highest BCUT2D eigenvalue weighted by Gasteiger charge is 2.24. The van der Waals surface area contributed by atoms with Gasteiger partial charge in [0.1, 0.15) is 5.84 Å². The normalized spacial score (nSPS) is 28.9. The van der Waals surface area contributed by atoms with Crippen LogP contribution in [-0.4, -0.2) is 73.1 Å². The van der Waals surface area contributed by atoms with Crippen LogP contribution in [0.15, 0.2) is 63.3 Å². The van der Waals surface area contributed by atoms with E-state index in [1.54, 1.807) is 36.4 Å². The molecule has 2 aliphatic rings. The van der Waals surface area contributed by atoms with Crippen LogP contribution in [-0.2, 0) is 4.74 Å². The van der Waals surface area contributed by atoms with Gasteiger partial charge < -0.3 is 14.7 Å². The van der Waals surface area contributed by atoms with Gasteiger partial charge in [-0.25, -0.2) is 4.99 Å². The topological polar surface area (TPSA) is 48.3 Å². The van der Waals surface area contributed by atoms with Gasteiger partial charge in [0.2, 0.25) is 0 Å². The Morgan fingerprint density at radius 1 is 1.00 bits per heavy atom. The Balaban J connectivity index is 1.89. The largest absolute Gasteiger partial charge is 0.394 e. The van der Waals surface area contributed by atoms with E-state index >= 15 is 0 Å². The molecule has 0 aromatic heterocycles. The first kappa shape index (κ1) is 11.2. The average molecular weight is 392 g/mol. The second-order valence-corrected chi connectivity index (χ2v) is 6.86. The number of amidine groups is 1. The predicted molar refractivity (Wildman–Crippen MR) is 109 cm³/mol. The minimum absolute atomic E-state index is 0.0591. The number of aliphatic hydroxyl groups is 1. The highest BCUT2D eigenvalue weighted by atomic mass is 32.2. The van der Waals surface area contributed by atoms with E-state index < -0.39 is 32.5 Å². The van der Waals surface area contributed by atoms with Crippen molar-refractivity contribution >= 4 is 23.3 Å². The Kier molecular flexibility index (Phi) is 3.69. The molecule has 1 fully saturated rings. The van der Waals surface area contributed by atoms with Gasteiger partial charge in [0.25, 0.3) is 0 Å². The molecule has 6 heteroatoms. The first-order chi connectivity index (χ1) is 16.4. The number of para-hydroxylation sites is 1. The minimum Gasteiger partial charge on any atom is -0.394 e. The Morgan fingerprint density at radius 3 is 2.56 bits per heavy atom. The van der Waals surface area contributed by atoms with E-state index in [0.717, 1.165) is 4.90 Å². The first-order valence-corrected chi connectivity index (χ1v) is 9.40. The second-order valence-electron chi connectivity index (χ2n) is 5.77. The quantitative estimate of drug-likeness (QED) is 0.795. The Hall–Kier alpha value is -1.86. The van der Waals surface area contributed by atoms with Crippen molar-refractivity contribution in [1.29, 1.82) is 0 Å². The molecule has 2 heterocycles. The van der Waals surface area contributed by atoms with Crippen molar-refractivity contribution in [3.63, 3.8) is 0 Å². The smallest absolute Gasteiger partial charge is 0.137 e. The van der Waals surface area contributed by atoms with Crippen LogP contribution in [0.4, 0.5) is 5.69 Å². The molecule has 2 aromatic rings. The van der Waals surface area contributed by atoms with Crippen molar-refractivity contribution in [2.75, 3.05) is 52.4 Å². The van der Waals surface area contributed by atoms with Crippen molar-refractivity contribution in [2.24, 2.45) is 4.99 Å². The van der Waals surface area contributed by atoms with Gasteiger partial charge in [-0.1, -0.05) is 42.1 Å². The summed E-state index contributed by atoms with van der Waals surface area (Å²) in [6.07, 6.45) is 0. The zero-order valence-electron chi connectivity index (χ0n) is 22.6. The lowest BCUT2D eigenvalue weighted by Crippen LogP contribution is -2.49. The van der Waals surface area contributed by atoms with E-state index in [2.05, 4.69) is 4.99 Å².